The highest BCUT2D eigenvalue weighted by Gasteiger charge is 2.19. The molecule has 106 valence electrons. The summed E-state index contributed by atoms with van der Waals surface area (Å²) in [4.78, 5) is 12.0. The molecular weight excluding hydrogens is 268 g/mol. The van der Waals surface area contributed by atoms with Gasteiger partial charge < -0.3 is 20.1 Å². The normalized spacial score (nSPS) is 12.5. The highest BCUT2D eigenvalue weighted by molar-refractivity contribution is 5.97. The number of carbonyl (C=O) groups excluding carboxylic acids is 1. The molecule has 2 N–H and O–H groups in total. The SMILES string of the molecule is CCNCCNC(=O)c1cccc2c1OCCO2.Cl. The Labute approximate surface area is 119 Å². The van der Waals surface area contributed by atoms with E-state index >= 15 is 0 Å². The number of hydrogen-bond donors (Lipinski definition) is 2. The van der Waals surface area contributed by atoms with Crippen LogP contribution in [-0.2, 0) is 0 Å². The van der Waals surface area contributed by atoms with Gasteiger partial charge in [0.2, 0.25) is 0 Å². The van der Waals surface area contributed by atoms with Crippen LogP contribution in [0.1, 0.15) is 17.3 Å². The van der Waals surface area contributed by atoms with Gasteiger partial charge in [0.25, 0.3) is 5.91 Å². The van der Waals surface area contributed by atoms with Crippen molar-refractivity contribution in [2.45, 2.75) is 6.92 Å². The van der Waals surface area contributed by atoms with Gasteiger partial charge in [0.05, 0.1) is 5.56 Å². The first-order valence-electron chi connectivity index (χ1n) is 6.20. The van der Waals surface area contributed by atoms with E-state index in [1.165, 1.54) is 0 Å². The minimum absolute atomic E-state index is 0. The van der Waals surface area contributed by atoms with Crippen molar-refractivity contribution >= 4 is 18.3 Å². The van der Waals surface area contributed by atoms with Crippen LogP contribution in [0.25, 0.3) is 0 Å². The number of ether oxygens (including phenoxy) is 2. The summed E-state index contributed by atoms with van der Waals surface area (Å²) < 4.78 is 10.9. The van der Waals surface area contributed by atoms with E-state index < -0.39 is 0 Å². The smallest absolute Gasteiger partial charge is 0.255 e. The van der Waals surface area contributed by atoms with Gasteiger partial charge in [0.15, 0.2) is 11.5 Å². The molecule has 0 saturated heterocycles. The van der Waals surface area contributed by atoms with E-state index in [1.54, 1.807) is 12.1 Å². The maximum absolute atomic E-state index is 12.0. The van der Waals surface area contributed by atoms with Gasteiger partial charge in [-0.2, -0.15) is 0 Å². The lowest BCUT2D eigenvalue weighted by Crippen LogP contribution is -2.32. The van der Waals surface area contributed by atoms with Crippen LogP contribution >= 0.6 is 12.4 Å². The lowest BCUT2D eigenvalue weighted by molar-refractivity contribution is 0.0943. The zero-order valence-electron chi connectivity index (χ0n) is 10.9. The summed E-state index contributed by atoms with van der Waals surface area (Å²) in [5.74, 6) is 1.06. The molecule has 0 fully saturated rings. The number of amides is 1. The highest BCUT2D eigenvalue weighted by atomic mass is 35.5. The van der Waals surface area contributed by atoms with E-state index in [-0.39, 0.29) is 18.3 Å². The number of nitrogens with one attached hydrogen (secondary N) is 2. The van der Waals surface area contributed by atoms with Gasteiger partial charge in [-0.25, -0.2) is 0 Å². The summed E-state index contributed by atoms with van der Waals surface area (Å²) in [6.45, 7) is 5.28. The average Bonchev–Trinajstić information content (AvgIpc) is 2.43. The molecule has 0 unspecified atom stereocenters. The van der Waals surface area contributed by atoms with Crippen molar-refractivity contribution in [2.75, 3.05) is 32.8 Å². The van der Waals surface area contributed by atoms with Crippen molar-refractivity contribution in [1.82, 2.24) is 10.6 Å². The molecule has 0 bridgehead atoms. The van der Waals surface area contributed by atoms with Crippen LogP contribution in [0.2, 0.25) is 0 Å². The minimum atomic E-state index is -0.129. The van der Waals surface area contributed by atoms with Crippen LogP contribution in [-0.4, -0.2) is 38.8 Å². The second kappa shape index (κ2) is 7.86. The Bertz CT molecular complexity index is 426. The Hall–Kier alpha value is -1.46. The zero-order valence-corrected chi connectivity index (χ0v) is 11.7. The average molecular weight is 287 g/mol. The third-order valence-corrected chi connectivity index (χ3v) is 2.65. The second-order valence-electron chi connectivity index (χ2n) is 3.94. The summed E-state index contributed by atoms with van der Waals surface area (Å²) in [5.41, 5.74) is 0.531. The molecule has 0 spiro atoms. The van der Waals surface area contributed by atoms with Gasteiger partial charge in [0, 0.05) is 13.1 Å². The Morgan fingerprint density at radius 2 is 2.05 bits per heavy atom. The molecule has 1 aliphatic rings. The molecule has 1 amide bonds. The zero-order chi connectivity index (χ0) is 12.8. The molecule has 1 heterocycles. The van der Waals surface area contributed by atoms with Crippen LogP contribution in [0, 0.1) is 0 Å². The fourth-order valence-electron chi connectivity index (χ4n) is 1.79. The first-order chi connectivity index (χ1) is 8.83. The molecule has 1 aromatic rings. The van der Waals surface area contributed by atoms with Crippen LogP contribution < -0.4 is 20.1 Å². The third kappa shape index (κ3) is 4.01. The van der Waals surface area contributed by atoms with E-state index in [0.717, 1.165) is 13.1 Å². The summed E-state index contributed by atoms with van der Waals surface area (Å²) in [5, 5.41) is 5.99. The third-order valence-electron chi connectivity index (χ3n) is 2.65. The monoisotopic (exact) mass is 286 g/mol. The summed E-state index contributed by atoms with van der Waals surface area (Å²) in [6, 6.07) is 5.35. The van der Waals surface area contributed by atoms with Crippen molar-refractivity contribution in [2.24, 2.45) is 0 Å². The number of hydrogen-bond acceptors (Lipinski definition) is 4. The Kier molecular flexibility index (Phi) is 6.45. The molecular formula is C13H19ClN2O3. The van der Waals surface area contributed by atoms with Gasteiger partial charge in [-0.05, 0) is 18.7 Å². The molecule has 5 nitrogen and oxygen atoms in total. The molecule has 1 aliphatic heterocycles. The topological polar surface area (TPSA) is 59.6 Å². The molecule has 0 saturated carbocycles. The lowest BCUT2D eigenvalue weighted by Gasteiger charge is -2.20. The van der Waals surface area contributed by atoms with Crippen molar-refractivity contribution in [3.05, 3.63) is 23.8 Å². The van der Waals surface area contributed by atoms with Crippen molar-refractivity contribution in [1.29, 1.82) is 0 Å². The van der Waals surface area contributed by atoms with Crippen LogP contribution in [0.15, 0.2) is 18.2 Å². The standard InChI is InChI=1S/C13H18N2O3.ClH/c1-2-14-6-7-15-13(16)10-4-3-5-11-12(10)18-9-8-17-11;/h3-5,14H,2,6-9H2,1H3,(H,15,16);1H. The van der Waals surface area contributed by atoms with E-state index in [2.05, 4.69) is 10.6 Å². The summed E-state index contributed by atoms with van der Waals surface area (Å²) >= 11 is 0. The van der Waals surface area contributed by atoms with Crippen molar-refractivity contribution < 1.29 is 14.3 Å². The maximum atomic E-state index is 12.0. The van der Waals surface area contributed by atoms with Gasteiger partial charge in [0.1, 0.15) is 13.2 Å². The predicted octanol–water partition coefficient (Wildman–Crippen LogP) is 1.22. The number of benzene rings is 1. The second-order valence-corrected chi connectivity index (χ2v) is 3.94. The Morgan fingerprint density at radius 1 is 1.26 bits per heavy atom. The molecule has 1 aromatic carbocycles. The highest BCUT2D eigenvalue weighted by Crippen LogP contribution is 2.33. The number of carbonyl (C=O) groups is 1. The molecule has 0 aromatic heterocycles. The largest absolute Gasteiger partial charge is 0.486 e. The molecule has 19 heavy (non-hydrogen) atoms. The Morgan fingerprint density at radius 3 is 2.84 bits per heavy atom. The number of fused-ring (bicyclic) bond motifs is 1. The van der Waals surface area contributed by atoms with Crippen LogP contribution in [0.5, 0.6) is 11.5 Å². The summed E-state index contributed by atoms with van der Waals surface area (Å²) in [6.07, 6.45) is 0. The van der Waals surface area contributed by atoms with Crippen LogP contribution in [0.4, 0.5) is 0 Å². The van der Waals surface area contributed by atoms with E-state index in [4.69, 9.17) is 9.47 Å². The number of rotatable bonds is 5. The number of halogens is 1. The molecule has 0 atom stereocenters. The quantitative estimate of drug-likeness (QED) is 0.799. The maximum Gasteiger partial charge on any atom is 0.255 e. The van der Waals surface area contributed by atoms with E-state index in [1.807, 2.05) is 13.0 Å². The predicted molar refractivity (Wildman–Crippen MR) is 75.6 cm³/mol. The van der Waals surface area contributed by atoms with Gasteiger partial charge in [-0.15, -0.1) is 12.4 Å². The molecule has 2 rings (SSSR count). The first kappa shape index (κ1) is 15.6. The van der Waals surface area contributed by atoms with E-state index in [0.29, 0.717) is 36.8 Å². The number of para-hydroxylation sites is 1. The number of likely N-dealkylation sites (N-methyl/N-ethyl adjacent to an activating group) is 1. The summed E-state index contributed by atoms with van der Waals surface area (Å²) in [7, 11) is 0. The molecule has 6 heteroatoms. The molecule has 0 radical (unpaired) electrons. The van der Waals surface area contributed by atoms with Crippen molar-refractivity contribution in [3.8, 4) is 11.5 Å². The minimum Gasteiger partial charge on any atom is -0.486 e. The van der Waals surface area contributed by atoms with Crippen molar-refractivity contribution in [3.63, 3.8) is 0 Å². The molecule has 0 aliphatic carbocycles. The van der Waals surface area contributed by atoms with Gasteiger partial charge >= 0.3 is 0 Å². The lowest BCUT2D eigenvalue weighted by atomic mass is 10.1. The van der Waals surface area contributed by atoms with Gasteiger partial charge in [-0.3, -0.25) is 4.79 Å². The van der Waals surface area contributed by atoms with E-state index in [9.17, 15) is 4.79 Å². The Balaban J connectivity index is 0.00000180. The van der Waals surface area contributed by atoms with Gasteiger partial charge in [-0.1, -0.05) is 13.0 Å². The van der Waals surface area contributed by atoms with Crippen LogP contribution in [0.3, 0.4) is 0 Å². The first-order valence-corrected chi connectivity index (χ1v) is 6.20. The fourth-order valence-corrected chi connectivity index (χ4v) is 1.79. The fraction of sp³-hybridized carbons (Fsp3) is 0.462.